The fourth-order valence-corrected chi connectivity index (χ4v) is 1.81. The van der Waals surface area contributed by atoms with E-state index in [0.29, 0.717) is 5.04 Å². The Kier molecular flexibility index (Phi) is 4.73. The summed E-state index contributed by atoms with van der Waals surface area (Å²) in [5.74, 6) is 2.63. The summed E-state index contributed by atoms with van der Waals surface area (Å²) in [6.07, 6.45) is 6.99. The molecule has 0 N–H and O–H groups in total. The molecule has 0 unspecified atom stereocenters. The molecule has 0 bridgehead atoms. The normalized spacial score (nSPS) is 12.6. The van der Waals surface area contributed by atoms with Crippen LogP contribution < -0.4 is 0 Å². The third-order valence-corrected chi connectivity index (χ3v) is 7.27. The van der Waals surface area contributed by atoms with Gasteiger partial charge < -0.3 is 4.43 Å². The van der Waals surface area contributed by atoms with Crippen molar-refractivity contribution in [2.45, 2.75) is 51.7 Å². The third kappa shape index (κ3) is 4.49. The van der Waals surface area contributed by atoms with Crippen LogP contribution in [0.3, 0.4) is 0 Å². The molecule has 0 saturated carbocycles. The highest BCUT2D eigenvalue weighted by atomic mass is 28.4. The van der Waals surface area contributed by atoms with E-state index in [1.807, 2.05) is 0 Å². The number of hydrogen-bond acceptors (Lipinski definition) is 1. The molecule has 0 radical (unpaired) electrons. The second kappa shape index (κ2) is 4.83. The fraction of sp³-hybridized carbons (Fsp3) is 0.818. The van der Waals surface area contributed by atoms with Gasteiger partial charge in [0, 0.05) is 13.0 Å². The van der Waals surface area contributed by atoms with E-state index >= 15 is 0 Å². The van der Waals surface area contributed by atoms with Crippen molar-refractivity contribution < 1.29 is 4.43 Å². The molecule has 0 fully saturated rings. The Morgan fingerprint density at radius 1 is 1.31 bits per heavy atom. The average Bonchev–Trinajstić information content (AvgIpc) is 1.96. The lowest BCUT2D eigenvalue weighted by atomic mass is 10.2. The van der Waals surface area contributed by atoms with Crippen molar-refractivity contribution >= 4 is 8.32 Å². The van der Waals surface area contributed by atoms with Crippen LogP contribution in [0.2, 0.25) is 18.1 Å². The predicted octanol–water partition coefficient (Wildman–Crippen LogP) is 3.42. The van der Waals surface area contributed by atoms with Gasteiger partial charge in [-0.15, -0.1) is 12.3 Å². The Labute approximate surface area is 84.0 Å². The molecular formula is C11H22OSi. The van der Waals surface area contributed by atoms with Gasteiger partial charge in [-0.05, 0) is 24.6 Å². The van der Waals surface area contributed by atoms with Crippen LogP contribution in [0.1, 0.15) is 33.6 Å². The summed E-state index contributed by atoms with van der Waals surface area (Å²) in [6, 6.07) is 0. The van der Waals surface area contributed by atoms with Gasteiger partial charge in [0.05, 0.1) is 0 Å². The molecule has 0 saturated heterocycles. The maximum Gasteiger partial charge on any atom is 0.191 e. The van der Waals surface area contributed by atoms with Gasteiger partial charge in [-0.1, -0.05) is 20.8 Å². The quantitative estimate of drug-likeness (QED) is 0.382. The van der Waals surface area contributed by atoms with Gasteiger partial charge >= 0.3 is 0 Å². The molecule has 1 nitrogen and oxygen atoms in total. The number of unbranched alkanes of at least 4 members (excludes halogenated alkanes) is 1. The molecule has 2 heteroatoms. The number of terminal acetylenes is 1. The van der Waals surface area contributed by atoms with Crippen molar-refractivity contribution in [3.8, 4) is 12.3 Å². The van der Waals surface area contributed by atoms with Crippen LogP contribution in [0.25, 0.3) is 0 Å². The second-order valence-corrected chi connectivity index (χ2v) is 9.73. The molecular weight excluding hydrogens is 176 g/mol. The lowest BCUT2D eigenvalue weighted by Crippen LogP contribution is -2.40. The van der Waals surface area contributed by atoms with Gasteiger partial charge in [0.25, 0.3) is 0 Å². The molecule has 76 valence electrons. The largest absolute Gasteiger partial charge is 0.417 e. The van der Waals surface area contributed by atoms with Gasteiger partial charge in [0.2, 0.25) is 0 Å². The Morgan fingerprint density at radius 2 is 1.85 bits per heavy atom. The molecule has 0 aliphatic carbocycles. The fourth-order valence-electron chi connectivity index (χ4n) is 0.718. The molecule has 0 aromatic heterocycles. The van der Waals surface area contributed by atoms with E-state index in [0.717, 1.165) is 19.4 Å². The van der Waals surface area contributed by atoms with E-state index in [2.05, 4.69) is 39.8 Å². The summed E-state index contributed by atoms with van der Waals surface area (Å²) < 4.78 is 5.94. The summed E-state index contributed by atoms with van der Waals surface area (Å²) in [5.41, 5.74) is 0. The maximum absolute atomic E-state index is 5.94. The van der Waals surface area contributed by atoms with Crippen molar-refractivity contribution in [3.63, 3.8) is 0 Å². The standard InChI is InChI=1S/C11H22OSi/c1-7-8-9-10-12-13(5,6)11(2,3)4/h1H,8-10H2,2-6H3. The van der Waals surface area contributed by atoms with Crippen LogP contribution in [0, 0.1) is 12.3 Å². The SMILES string of the molecule is C#CCCCO[Si](C)(C)C(C)(C)C. The zero-order valence-corrected chi connectivity index (χ0v) is 10.6. The van der Waals surface area contributed by atoms with Crippen molar-refractivity contribution in [2.24, 2.45) is 0 Å². The van der Waals surface area contributed by atoms with Crippen LogP contribution in [0.15, 0.2) is 0 Å². The van der Waals surface area contributed by atoms with Gasteiger partial charge in [0.1, 0.15) is 0 Å². The lowest BCUT2D eigenvalue weighted by Gasteiger charge is -2.36. The summed E-state index contributed by atoms with van der Waals surface area (Å²) in [6.45, 7) is 12.1. The summed E-state index contributed by atoms with van der Waals surface area (Å²) in [5, 5.41) is 0.309. The molecule has 0 heterocycles. The van der Waals surface area contributed by atoms with Gasteiger partial charge in [-0.25, -0.2) is 0 Å². The molecule has 0 rings (SSSR count). The Bertz CT molecular complexity index is 183. The van der Waals surface area contributed by atoms with Crippen LogP contribution in [-0.4, -0.2) is 14.9 Å². The van der Waals surface area contributed by atoms with Crippen molar-refractivity contribution in [2.75, 3.05) is 6.61 Å². The Morgan fingerprint density at radius 3 is 2.23 bits per heavy atom. The number of hydrogen-bond donors (Lipinski definition) is 0. The lowest BCUT2D eigenvalue weighted by molar-refractivity contribution is 0.284. The first-order valence-corrected chi connectivity index (χ1v) is 7.79. The van der Waals surface area contributed by atoms with Crippen molar-refractivity contribution in [1.29, 1.82) is 0 Å². The summed E-state index contributed by atoms with van der Waals surface area (Å²) in [7, 11) is -1.52. The first kappa shape index (κ1) is 12.7. The molecule has 0 aliphatic heterocycles. The summed E-state index contributed by atoms with van der Waals surface area (Å²) >= 11 is 0. The monoisotopic (exact) mass is 198 g/mol. The van der Waals surface area contributed by atoms with Crippen LogP contribution in [0.5, 0.6) is 0 Å². The topological polar surface area (TPSA) is 9.23 Å². The third-order valence-electron chi connectivity index (χ3n) is 2.73. The molecule has 13 heavy (non-hydrogen) atoms. The minimum Gasteiger partial charge on any atom is -0.417 e. The maximum atomic E-state index is 5.94. The minimum absolute atomic E-state index is 0.309. The summed E-state index contributed by atoms with van der Waals surface area (Å²) in [4.78, 5) is 0. The average molecular weight is 198 g/mol. The minimum atomic E-state index is -1.52. The zero-order valence-electron chi connectivity index (χ0n) is 9.61. The van der Waals surface area contributed by atoms with Gasteiger partial charge in [0.15, 0.2) is 8.32 Å². The van der Waals surface area contributed by atoms with Gasteiger partial charge in [-0.2, -0.15) is 0 Å². The Hall–Kier alpha value is -0.263. The molecule has 0 aromatic carbocycles. The first-order valence-electron chi connectivity index (χ1n) is 4.89. The van der Waals surface area contributed by atoms with E-state index in [4.69, 9.17) is 10.8 Å². The molecule has 0 spiro atoms. The highest BCUT2D eigenvalue weighted by Gasteiger charge is 2.36. The molecule has 0 aliphatic rings. The van der Waals surface area contributed by atoms with E-state index < -0.39 is 8.32 Å². The van der Waals surface area contributed by atoms with Crippen LogP contribution in [0.4, 0.5) is 0 Å². The predicted molar refractivity (Wildman–Crippen MR) is 61.2 cm³/mol. The van der Waals surface area contributed by atoms with Crippen LogP contribution in [-0.2, 0) is 4.43 Å². The highest BCUT2D eigenvalue weighted by Crippen LogP contribution is 2.36. The molecule has 0 amide bonds. The van der Waals surface area contributed by atoms with E-state index in [1.165, 1.54) is 0 Å². The highest BCUT2D eigenvalue weighted by molar-refractivity contribution is 6.74. The van der Waals surface area contributed by atoms with Gasteiger partial charge in [-0.3, -0.25) is 0 Å². The van der Waals surface area contributed by atoms with Crippen LogP contribution >= 0.6 is 0 Å². The van der Waals surface area contributed by atoms with Crippen molar-refractivity contribution in [1.82, 2.24) is 0 Å². The smallest absolute Gasteiger partial charge is 0.191 e. The zero-order chi connectivity index (χ0) is 10.5. The number of rotatable bonds is 4. The molecule has 0 aromatic rings. The second-order valence-electron chi connectivity index (χ2n) is 4.92. The van der Waals surface area contributed by atoms with E-state index in [1.54, 1.807) is 0 Å². The Balaban J connectivity index is 3.85. The van der Waals surface area contributed by atoms with E-state index in [9.17, 15) is 0 Å². The van der Waals surface area contributed by atoms with E-state index in [-0.39, 0.29) is 0 Å². The molecule has 0 atom stereocenters. The first-order chi connectivity index (χ1) is 5.81. The van der Waals surface area contributed by atoms with Crippen molar-refractivity contribution in [3.05, 3.63) is 0 Å².